The first-order valence-corrected chi connectivity index (χ1v) is 8.28. The molecule has 1 N–H and O–H groups in total. The monoisotopic (exact) mass is 307 g/mol. The van der Waals surface area contributed by atoms with E-state index in [9.17, 15) is 0 Å². The lowest BCUT2D eigenvalue weighted by atomic mass is 10.1. The molecular formula is C11H18BrNS2. The average molecular weight is 308 g/mol. The largest absolute Gasteiger partial charge is 0.314 e. The second kappa shape index (κ2) is 7.71. The Labute approximate surface area is 109 Å². The normalized spacial score (nSPS) is 13.0. The fourth-order valence-electron chi connectivity index (χ4n) is 1.52. The van der Waals surface area contributed by atoms with Gasteiger partial charge in [-0.15, -0.1) is 11.3 Å². The fourth-order valence-corrected chi connectivity index (χ4v) is 3.64. The molecule has 0 bridgehead atoms. The first-order chi connectivity index (χ1) is 7.27. The first-order valence-electron chi connectivity index (χ1n) is 5.22. The molecule has 1 heterocycles. The molecule has 0 fully saturated rings. The predicted molar refractivity (Wildman–Crippen MR) is 76.2 cm³/mol. The Hall–Kier alpha value is 0.490. The molecule has 15 heavy (non-hydrogen) atoms. The molecule has 0 spiro atoms. The Morgan fingerprint density at radius 3 is 2.93 bits per heavy atom. The molecule has 0 aliphatic carbocycles. The number of thioether (sulfide) groups is 1. The Kier molecular flexibility index (Phi) is 6.97. The summed E-state index contributed by atoms with van der Waals surface area (Å²) in [7, 11) is 0. The van der Waals surface area contributed by atoms with Gasteiger partial charge < -0.3 is 5.32 Å². The van der Waals surface area contributed by atoms with Crippen LogP contribution in [0, 0.1) is 0 Å². The molecule has 0 radical (unpaired) electrons. The van der Waals surface area contributed by atoms with Crippen LogP contribution >= 0.6 is 39.0 Å². The highest BCUT2D eigenvalue weighted by atomic mass is 79.9. The predicted octanol–water partition coefficient (Wildman–Crippen LogP) is 3.78. The lowest BCUT2D eigenvalue weighted by Gasteiger charge is -2.16. The summed E-state index contributed by atoms with van der Waals surface area (Å²) < 4.78 is 1.26. The summed E-state index contributed by atoms with van der Waals surface area (Å²) in [5.41, 5.74) is 0. The fraction of sp³-hybridized carbons (Fsp3) is 0.636. The van der Waals surface area contributed by atoms with Crippen LogP contribution in [-0.4, -0.2) is 24.6 Å². The third kappa shape index (κ3) is 4.89. The van der Waals surface area contributed by atoms with Crippen LogP contribution in [0.1, 0.15) is 18.2 Å². The van der Waals surface area contributed by atoms with Gasteiger partial charge in [0.05, 0.1) is 0 Å². The highest BCUT2D eigenvalue weighted by molar-refractivity contribution is 9.10. The third-order valence-electron chi connectivity index (χ3n) is 2.29. The minimum Gasteiger partial charge on any atom is -0.314 e. The van der Waals surface area contributed by atoms with Crippen molar-refractivity contribution in [3.05, 3.63) is 20.8 Å². The highest BCUT2D eigenvalue weighted by Gasteiger charge is 2.10. The molecule has 0 aromatic carbocycles. The molecule has 1 atom stereocenters. The van der Waals surface area contributed by atoms with E-state index in [1.807, 2.05) is 23.1 Å². The van der Waals surface area contributed by atoms with E-state index in [0.717, 1.165) is 13.0 Å². The van der Waals surface area contributed by atoms with Crippen molar-refractivity contribution in [3.8, 4) is 0 Å². The molecule has 1 rings (SSSR count). The van der Waals surface area contributed by atoms with Gasteiger partial charge in [-0.3, -0.25) is 0 Å². The summed E-state index contributed by atoms with van der Waals surface area (Å²) in [5, 5.41) is 5.71. The van der Waals surface area contributed by atoms with Gasteiger partial charge in [-0.1, -0.05) is 6.92 Å². The summed E-state index contributed by atoms with van der Waals surface area (Å²) in [6, 6.07) is 2.76. The zero-order valence-electron chi connectivity index (χ0n) is 9.25. The van der Waals surface area contributed by atoms with E-state index in [-0.39, 0.29) is 0 Å². The van der Waals surface area contributed by atoms with Crippen molar-refractivity contribution in [1.82, 2.24) is 5.32 Å². The van der Waals surface area contributed by atoms with E-state index in [4.69, 9.17) is 0 Å². The van der Waals surface area contributed by atoms with Gasteiger partial charge in [0, 0.05) is 15.4 Å². The van der Waals surface area contributed by atoms with Crippen LogP contribution in [0.2, 0.25) is 0 Å². The van der Waals surface area contributed by atoms with Crippen molar-refractivity contribution in [3.63, 3.8) is 0 Å². The van der Waals surface area contributed by atoms with E-state index < -0.39 is 0 Å². The average Bonchev–Trinajstić information content (AvgIpc) is 2.61. The molecule has 0 amide bonds. The summed E-state index contributed by atoms with van der Waals surface area (Å²) in [4.78, 5) is 1.46. The van der Waals surface area contributed by atoms with Crippen molar-refractivity contribution >= 4 is 39.0 Å². The van der Waals surface area contributed by atoms with Crippen molar-refractivity contribution in [1.29, 1.82) is 0 Å². The summed E-state index contributed by atoms with van der Waals surface area (Å²) in [6.45, 7) is 3.23. The maximum atomic E-state index is 3.59. The Balaban J connectivity index is 2.46. The maximum absolute atomic E-state index is 3.59. The second-order valence-electron chi connectivity index (χ2n) is 3.43. The number of hydrogen-bond acceptors (Lipinski definition) is 3. The number of likely N-dealkylation sites (N-methyl/N-ethyl adjacent to an activating group) is 1. The van der Waals surface area contributed by atoms with Gasteiger partial charge in [-0.05, 0) is 58.8 Å². The van der Waals surface area contributed by atoms with E-state index in [0.29, 0.717) is 6.04 Å². The van der Waals surface area contributed by atoms with Crippen molar-refractivity contribution in [2.24, 2.45) is 0 Å². The maximum Gasteiger partial charge on any atom is 0.0314 e. The van der Waals surface area contributed by atoms with Crippen molar-refractivity contribution < 1.29 is 0 Å². The first kappa shape index (κ1) is 13.6. The standard InChI is InChI=1S/C11H18BrNS2/c1-3-13-9(4-6-14-2)8-11-10(12)5-7-15-11/h5,7,9,13H,3-4,6,8H2,1-2H3. The van der Waals surface area contributed by atoms with E-state index in [1.165, 1.54) is 21.5 Å². The molecule has 0 saturated carbocycles. The Bertz CT molecular complexity index is 275. The van der Waals surface area contributed by atoms with Gasteiger partial charge in [0.2, 0.25) is 0 Å². The SMILES string of the molecule is CCNC(CCSC)Cc1sccc1Br. The smallest absolute Gasteiger partial charge is 0.0314 e. The minimum absolute atomic E-state index is 0.623. The zero-order chi connectivity index (χ0) is 11.1. The van der Waals surface area contributed by atoms with Gasteiger partial charge in [0.1, 0.15) is 0 Å². The number of nitrogens with one attached hydrogen (secondary N) is 1. The summed E-state index contributed by atoms with van der Waals surface area (Å²) in [5.74, 6) is 1.24. The molecule has 0 aliphatic heterocycles. The zero-order valence-corrected chi connectivity index (χ0v) is 12.5. The van der Waals surface area contributed by atoms with E-state index in [1.54, 1.807) is 0 Å². The lowest BCUT2D eigenvalue weighted by molar-refractivity contribution is 0.516. The van der Waals surface area contributed by atoms with Gasteiger partial charge in [-0.25, -0.2) is 0 Å². The molecule has 1 aromatic rings. The molecule has 86 valence electrons. The summed E-state index contributed by atoms with van der Waals surface area (Å²) in [6.07, 6.45) is 4.57. The van der Waals surface area contributed by atoms with Crippen LogP contribution in [0.15, 0.2) is 15.9 Å². The summed E-state index contributed by atoms with van der Waals surface area (Å²) >= 11 is 7.36. The molecule has 1 nitrogen and oxygen atoms in total. The molecule has 1 aromatic heterocycles. The third-order valence-corrected chi connectivity index (χ3v) is 4.88. The van der Waals surface area contributed by atoms with Gasteiger partial charge in [0.25, 0.3) is 0 Å². The minimum atomic E-state index is 0.623. The molecule has 4 heteroatoms. The van der Waals surface area contributed by atoms with Crippen LogP contribution in [0.4, 0.5) is 0 Å². The van der Waals surface area contributed by atoms with Crippen LogP contribution in [-0.2, 0) is 6.42 Å². The Morgan fingerprint density at radius 1 is 1.60 bits per heavy atom. The van der Waals surface area contributed by atoms with Crippen LogP contribution in [0.5, 0.6) is 0 Å². The van der Waals surface area contributed by atoms with Gasteiger partial charge in [0.15, 0.2) is 0 Å². The van der Waals surface area contributed by atoms with Crippen molar-refractivity contribution in [2.45, 2.75) is 25.8 Å². The van der Waals surface area contributed by atoms with Crippen molar-refractivity contribution in [2.75, 3.05) is 18.6 Å². The number of rotatable bonds is 7. The van der Waals surface area contributed by atoms with Crippen LogP contribution in [0.25, 0.3) is 0 Å². The molecule has 1 unspecified atom stereocenters. The van der Waals surface area contributed by atoms with E-state index in [2.05, 4.69) is 45.9 Å². The Morgan fingerprint density at radius 2 is 2.40 bits per heavy atom. The van der Waals surface area contributed by atoms with E-state index >= 15 is 0 Å². The quantitative estimate of drug-likeness (QED) is 0.822. The van der Waals surface area contributed by atoms with Gasteiger partial charge in [-0.2, -0.15) is 11.8 Å². The van der Waals surface area contributed by atoms with Crippen LogP contribution in [0.3, 0.4) is 0 Å². The number of hydrogen-bond donors (Lipinski definition) is 1. The highest BCUT2D eigenvalue weighted by Crippen LogP contribution is 2.24. The number of thiophene rings is 1. The second-order valence-corrected chi connectivity index (χ2v) is 6.27. The van der Waals surface area contributed by atoms with Crippen LogP contribution < -0.4 is 5.32 Å². The lowest BCUT2D eigenvalue weighted by Crippen LogP contribution is -2.31. The molecule has 0 aliphatic rings. The number of halogens is 1. The topological polar surface area (TPSA) is 12.0 Å². The molecular weight excluding hydrogens is 290 g/mol. The van der Waals surface area contributed by atoms with Gasteiger partial charge >= 0.3 is 0 Å². The molecule has 0 saturated heterocycles.